The number of rotatable bonds is 8. The molecule has 204 valence electrons. The average Bonchev–Trinajstić information content (AvgIpc) is 3.68. The van der Waals surface area contributed by atoms with Crippen molar-refractivity contribution < 1.29 is 0 Å². The first-order valence-electron chi connectivity index (χ1n) is 14.1. The lowest BCUT2D eigenvalue weighted by Crippen LogP contribution is -2.07. The molecular formula is C36H34N4S. The molecule has 0 spiro atoms. The van der Waals surface area contributed by atoms with Crippen molar-refractivity contribution in [3.63, 3.8) is 0 Å². The van der Waals surface area contributed by atoms with Gasteiger partial charge in [-0.2, -0.15) is 0 Å². The molecule has 0 radical (unpaired) electrons. The summed E-state index contributed by atoms with van der Waals surface area (Å²) < 4.78 is 4.41. The van der Waals surface area contributed by atoms with Gasteiger partial charge in [0.05, 0.1) is 5.69 Å². The summed E-state index contributed by atoms with van der Waals surface area (Å²) in [4.78, 5) is 11.9. The molecular weight excluding hydrogens is 520 g/mol. The third kappa shape index (κ3) is 5.50. The van der Waals surface area contributed by atoms with Gasteiger partial charge < -0.3 is 0 Å². The number of imidazole rings is 2. The van der Waals surface area contributed by atoms with E-state index in [-0.39, 0.29) is 0 Å². The third-order valence-corrected chi connectivity index (χ3v) is 8.30. The molecule has 2 heterocycles. The van der Waals surface area contributed by atoms with Crippen LogP contribution in [0.5, 0.6) is 0 Å². The highest BCUT2D eigenvalue weighted by atomic mass is 32.2. The molecule has 6 aromatic rings. The minimum atomic E-state index is 0.408. The topological polar surface area (TPSA) is 35.6 Å². The lowest BCUT2D eigenvalue weighted by Gasteiger charge is -2.22. The maximum atomic E-state index is 4.84. The predicted octanol–water partition coefficient (Wildman–Crippen LogP) is 9.79. The zero-order valence-corrected chi connectivity index (χ0v) is 24.7. The summed E-state index contributed by atoms with van der Waals surface area (Å²) in [5.41, 5.74) is 7.22. The van der Waals surface area contributed by atoms with Gasteiger partial charge >= 0.3 is 0 Å². The Kier molecular flexibility index (Phi) is 7.62. The van der Waals surface area contributed by atoms with E-state index in [2.05, 4.69) is 139 Å². The first-order valence-corrected chi connectivity index (χ1v) is 15.0. The van der Waals surface area contributed by atoms with E-state index in [0.29, 0.717) is 11.8 Å². The van der Waals surface area contributed by atoms with E-state index >= 15 is 0 Å². The van der Waals surface area contributed by atoms with Gasteiger partial charge in [0.15, 0.2) is 0 Å². The highest BCUT2D eigenvalue weighted by molar-refractivity contribution is 7.99. The van der Waals surface area contributed by atoms with Crippen molar-refractivity contribution in [2.45, 2.75) is 49.3 Å². The molecule has 0 atom stereocenters. The van der Waals surface area contributed by atoms with E-state index in [0.717, 1.165) is 33.4 Å². The van der Waals surface area contributed by atoms with Gasteiger partial charge in [0.25, 0.3) is 0 Å². The van der Waals surface area contributed by atoms with Crippen LogP contribution in [-0.4, -0.2) is 19.1 Å². The van der Waals surface area contributed by atoms with Gasteiger partial charge in [-0.3, -0.25) is 9.13 Å². The number of aromatic nitrogens is 4. The fraction of sp³-hybridized carbons (Fsp3) is 0.167. The molecule has 0 unspecified atom stereocenters. The van der Waals surface area contributed by atoms with Gasteiger partial charge in [-0.05, 0) is 59.4 Å². The maximum Gasteiger partial charge on any atom is 0.144 e. The van der Waals surface area contributed by atoms with Crippen LogP contribution < -0.4 is 0 Å². The van der Waals surface area contributed by atoms with Crippen LogP contribution in [0.2, 0.25) is 0 Å². The molecule has 4 aromatic carbocycles. The third-order valence-electron chi connectivity index (χ3n) is 7.32. The highest BCUT2D eigenvalue weighted by Crippen LogP contribution is 2.36. The molecule has 0 fully saturated rings. The minimum Gasteiger partial charge on any atom is -0.300 e. The average molecular weight is 555 g/mol. The van der Waals surface area contributed by atoms with Crippen LogP contribution >= 0.6 is 11.8 Å². The van der Waals surface area contributed by atoms with Crippen LogP contribution in [0.3, 0.4) is 0 Å². The Morgan fingerprint density at radius 2 is 1.07 bits per heavy atom. The van der Waals surface area contributed by atoms with Crippen molar-refractivity contribution in [3.05, 3.63) is 133 Å². The van der Waals surface area contributed by atoms with E-state index < -0.39 is 0 Å². The standard InChI is InChI=1S/C36H34N4S/c1-25(2)32-17-10-18-33(26(3)4)34(32)40-22-20-38-36(40)28-12-9-16-31(24-28)41-30-15-8-11-27(23-30)35-37-19-21-39(35)29-13-6-5-7-14-29/h5-26H,1-4H3. The molecule has 2 aromatic heterocycles. The Balaban J connectivity index is 1.33. The fourth-order valence-corrected chi connectivity index (χ4v) is 6.27. The fourth-order valence-electron chi connectivity index (χ4n) is 5.33. The van der Waals surface area contributed by atoms with E-state index in [1.165, 1.54) is 21.7 Å². The maximum absolute atomic E-state index is 4.84. The van der Waals surface area contributed by atoms with Gasteiger partial charge in [0.1, 0.15) is 11.6 Å². The van der Waals surface area contributed by atoms with Crippen LogP contribution in [-0.2, 0) is 0 Å². The molecule has 0 aliphatic rings. The smallest absolute Gasteiger partial charge is 0.144 e. The van der Waals surface area contributed by atoms with E-state index in [4.69, 9.17) is 4.98 Å². The first-order chi connectivity index (χ1) is 20.0. The zero-order valence-electron chi connectivity index (χ0n) is 23.9. The zero-order chi connectivity index (χ0) is 28.3. The second-order valence-corrected chi connectivity index (χ2v) is 12.0. The van der Waals surface area contributed by atoms with Crippen LogP contribution in [0.25, 0.3) is 34.2 Å². The Morgan fingerprint density at radius 1 is 0.561 bits per heavy atom. The second-order valence-electron chi connectivity index (χ2n) is 10.8. The molecule has 0 aliphatic heterocycles. The predicted molar refractivity (Wildman–Crippen MR) is 170 cm³/mol. The number of nitrogens with zero attached hydrogens (tertiary/aromatic N) is 4. The number of benzene rings is 4. The molecule has 0 saturated carbocycles. The molecule has 0 aliphatic carbocycles. The molecule has 4 nitrogen and oxygen atoms in total. The van der Waals surface area contributed by atoms with E-state index in [1.54, 1.807) is 11.8 Å². The highest BCUT2D eigenvalue weighted by Gasteiger charge is 2.19. The second kappa shape index (κ2) is 11.6. The van der Waals surface area contributed by atoms with Gasteiger partial charge in [0.2, 0.25) is 0 Å². The Morgan fingerprint density at radius 3 is 1.63 bits per heavy atom. The number of hydrogen-bond donors (Lipinski definition) is 0. The molecule has 0 saturated heterocycles. The summed E-state index contributed by atoms with van der Waals surface area (Å²) in [6.45, 7) is 9.04. The van der Waals surface area contributed by atoms with Crippen LogP contribution in [0.4, 0.5) is 0 Å². The summed E-state index contributed by atoms with van der Waals surface area (Å²) in [5.74, 6) is 2.71. The van der Waals surface area contributed by atoms with Crippen LogP contribution in [0, 0.1) is 0 Å². The van der Waals surface area contributed by atoms with E-state index in [9.17, 15) is 0 Å². The summed E-state index contributed by atoms with van der Waals surface area (Å²) in [7, 11) is 0. The Hall–Kier alpha value is -4.35. The monoisotopic (exact) mass is 554 g/mol. The van der Waals surface area contributed by atoms with Crippen molar-refractivity contribution in [3.8, 4) is 34.2 Å². The molecule has 6 rings (SSSR count). The summed E-state index contributed by atoms with van der Waals surface area (Å²) >= 11 is 1.76. The number of para-hydroxylation sites is 2. The Labute approximate surface area is 246 Å². The minimum absolute atomic E-state index is 0.408. The quantitative estimate of drug-likeness (QED) is 0.188. The van der Waals surface area contributed by atoms with Gasteiger partial charge in [-0.25, -0.2) is 9.97 Å². The van der Waals surface area contributed by atoms with Crippen molar-refractivity contribution in [2.75, 3.05) is 0 Å². The molecule has 0 bridgehead atoms. The number of hydrogen-bond acceptors (Lipinski definition) is 3. The lowest BCUT2D eigenvalue weighted by atomic mass is 9.92. The van der Waals surface area contributed by atoms with Crippen molar-refractivity contribution in [1.29, 1.82) is 0 Å². The lowest BCUT2D eigenvalue weighted by molar-refractivity contribution is 0.806. The van der Waals surface area contributed by atoms with E-state index in [1.807, 2.05) is 24.7 Å². The molecule has 5 heteroatoms. The van der Waals surface area contributed by atoms with Gasteiger partial charge in [-0.1, -0.05) is 100 Å². The normalized spacial score (nSPS) is 11.5. The first kappa shape index (κ1) is 26.9. The summed E-state index contributed by atoms with van der Waals surface area (Å²) in [6, 6.07) is 34.3. The van der Waals surface area contributed by atoms with Crippen molar-refractivity contribution in [1.82, 2.24) is 19.1 Å². The van der Waals surface area contributed by atoms with Gasteiger partial charge in [-0.15, -0.1) is 0 Å². The molecule has 0 amide bonds. The summed E-state index contributed by atoms with van der Waals surface area (Å²) in [6.07, 6.45) is 7.88. The summed E-state index contributed by atoms with van der Waals surface area (Å²) in [5, 5.41) is 0. The van der Waals surface area contributed by atoms with Crippen molar-refractivity contribution >= 4 is 11.8 Å². The SMILES string of the molecule is CC(C)c1cccc(C(C)C)c1-n1ccnc1-c1cccc(Sc2cccc(-c3nccn3-c3ccccc3)c2)c1. The molecule has 0 N–H and O–H groups in total. The molecule has 41 heavy (non-hydrogen) atoms. The van der Waals surface area contributed by atoms with Crippen molar-refractivity contribution in [2.24, 2.45) is 0 Å². The largest absolute Gasteiger partial charge is 0.300 e. The Bertz CT molecular complexity index is 1750. The van der Waals surface area contributed by atoms with Gasteiger partial charge in [0, 0.05) is 51.4 Å². The van der Waals surface area contributed by atoms with Crippen LogP contribution in [0.1, 0.15) is 50.7 Å². The van der Waals surface area contributed by atoms with Crippen LogP contribution in [0.15, 0.2) is 132 Å².